The van der Waals surface area contributed by atoms with E-state index in [-0.39, 0.29) is 17.0 Å². The number of nitrogens with zero attached hydrogens (tertiary/aromatic N) is 1. The summed E-state index contributed by atoms with van der Waals surface area (Å²) in [5, 5.41) is 27.4. The zero-order chi connectivity index (χ0) is 10.4. The topological polar surface area (TPSA) is 63.9 Å². The van der Waals surface area contributed by atoms with Crippen molar-refractivity contribution in [3.63, 3.8) is 0 Å². The molecule has 0 aliphatic heterocycles. The molecular weight excluding hydrogens is 250 g/mol. The van der Waals surface area contributed by atoms with Crippen molar-refractivity contribution in [2.75, 3.05) is 19.6 Å². The lowest BCUT2D eigenvalue weighted by Gasteiger charge is -2.25. The van der Waals surface area contributed by atoms with Gasteiger partial charge in [-0.3, -0.25) is 4.90 Å². The predicted molar refractivity (Wildman–Crippen MR) is 61.8 cm³/mol. The zero-order valence-electron chi connectivity index (χ0n) is 9.05. The number of halogens is 1. The molecule has 0 saturated heterocycles. The van der Waals surface area contributed by atoms with Gasteiger partial charge in [-0.15, -0.1) is 17.0 Å². The molecule has 0 radical (unpaired) electrons. The molecule has 0 spiro atoms. The Morgan fingerprint density at radius 3 is 1.14 bits per heavy atom. The summed E-state index contributed by atoms with van der Waals surface area (Å²) in [6, 6.07) is 0. The van der Waals surface area contributed by atoms with Crippen LogP contribution in [-0.2, 0) is 0 Å². The molecule has 0 aromatic heterocycles. The summed E-state index contributed by atoms with van der Waals surface area (Å²) in [6.07, 6.45) is -1.30. The fourth-order valence-corrected chi connectivity index (χ4v) is 1.34. The Morgan fingerprint density at radius 2 is 1.00 bits per heavy atom. The molecule has 0 aromatic rings. The van der Waals surface area contributed by atoms with E-state index in [9.17, 15) is 0 Å². The summed E-state index contributed by atoms with van der Waals surface area (Å²) < 4.78 is 0. The summed E-state index contributed by atoms with van der Waals surface area (Å²) in [4.78, 5) is 1.85. The van der Waals surface area contributed by atoms with Gasteiger partial charge in [0.2, 0.25) is 0 Å². The Balaban J connectivity index is 0. The van der Waals surface area contributed by atoms with Crippen molar-refractivity contribution in [3.8, 4) is 0 Å². The van der Waals surface area contributed by atoms with Crippen molar-refractivity contribution >= 4 is 17.0 Å². The highest BCUT2D eigenvalue weighted by molar-refractivity contribution is 8.93. The summed E-state index contributed by atoms with van der Waals surface area (Å²) in [5.74, 6) is 0. The van der Waals surface area contributed by atoms with Crippen LogP contribution in [0.1, 0.15) is 20.8 Å². The smallest absolute Gasteiger partial charge is 0.0639 e. The Morgan fingerprint density at radius 1 is 0.786 bits per heavy atom. The molecule has 3 unspecified atom stereocenters. The van der Waals surface area contributed by atoms with E-state index in [1.54, 1.807) is 20.8 Å². The van der Waals surface area contributed by atoms with Crippen molar-refractivity contribution in [1.29, 1.82) is 0 Å². The van der Waals surface area contributed by atoms with Gasteiger partial charge in [0.25, 0.3) is 0 Å². The largest absolute Gasteiger partial charge is 0.392 e. The van der Waals surface area contributed by atoms with E-state index in [1.807, 2.05) is 4.90 Å². The number of hydrogen-bond acceptors (Lipinski definition) is 4. The number of hydrogen-bond donors (Lipinski definition) is 3. The standard InChI is InChI=1S/C9H21NO3.BrH/c1-7(11)4-10(5-8(2)12)6-9(3)13;/h7-9,11-13H,4-6H2,1-3H3;1H. The molecule has 3 N–H and O–H groups in total. The maximum atomic E-state index is 9.14. The Kier molecular flexibility index (Phi) is 10.3. The first kappa shape index (κ1) is 16.7. The molecule has 0 amide bonds. The highest BCUT2D eigenvalue weighted by atomic mass is 79.9. The Hall–Kier alpha value is 0.320. The summed E-state index contributed by atoms with van der Waals surface area (Å²) in [6.45, 7) is 6.52. The molecule has 0 aromatic carbocycles. The van der Waals surface area contributed by atoms with Gasteiger partial charge in [0.1, 0.15) is 0 Å². The van der Waals surface area contributed by atoms with Crippen LogP contribution in [0.3, 0.4) is 0 Å². The molecule has 0 aliphatic carbocycles. The Labute approximate surface area is 96.3 Å². The molecule has 3 atom stereocenters. The van der Waals surface area contributed by atoms with E-state index in [2.05, 4.69) is 0 Å². The van der Waals surface area contributed by atoms with E-state index in [0.29, 0.717) is 19.6 Å². The molecule has 0 heterocycles. The molecule has 0 fully saturated rings. The van der Waals surface area contributed by atoms with Crippen LogP contribution in [0.2, 0.25) is 0 Å². The maximum Gasteiger partial charge on any atom is 0.0639 e. The minimum absolute atomic E-state index is 0. The van der Waals surface area contributed by atoms with Crippen molar-refractivity contribution < 1.29 is 15.3 Å². The van der Waals surface area contributed by atoms with Gasteiger partial charge in [-0.25, -0.2) is 0 Å². The van der Waals surface area contributed by atoms with Gasteiger partial charge >= 0.3 is 0 Å². The van der Waals surface area contributed by atoms with Crippen LogP contribution in [0.25, 0.3) is 0 Å². The molecule has 0 aliphatic rings. The third-order valence-electron chi connectivity index (χ3n) is 1.57. The predicted octanol–water partition coefficient (Wildman–Crippen LogP) is 0.00870. The Bertz CT molecular complexity index is 107. The number of aliphatic hydroxyl groups excluding tert-OH is 3. The maximum absolute atomic E-state index is 9.14. The van der Waals surface area contributed by atoms with Crippen LogP contribution in [0, 0.1) is 0 Å². The van der Waals surface area contributed by atoms with Crippen molar-refractivity contribution in [1.82, 2.24) is 4.90 Å². The number of rotatable bonds is 6. The molecule has 5 heteroatoms. The molecular formula is C9H22BrNO3. The molecule has 14 heavy (non-hydrogen) atoms. The molecule has 0 rings (SSSR count). The fourth-order valence-electron chi connectivity index (χ4n) is 1.34. The summed E-state index contributed by atoms with van der Waals surface area (Å²) in [7, 11) is 0. The normalized spacial score (nSPS) is 17.4. The van der Waals surface area contributed by atoms with Gasteiger partial charge in [0.05, 0.1) is 18.3 Å². The van der Waals surface area contributed by atoms with Crippen LogP contribution in [0.4, 0.5) is 0 Å². The van der Waals surface area contributed by atoms with Crippen molar-refractivity contribution in [2.24, 2.45) is 0 Å². The molecule has 4 nitrogen and oxygen atoms in total. The second-order valence-corrected chi connectivity index (χ2v) is 3.77. The quantitative estimate of drug-likeness (QED) is 0.637. The first-order chi connectivity index (χ1) is 5.91. The summed E-state index contributed by atoms with van der Waals surface area (Å²) >= 11 is 0. The van der Waals surface area contributed by atoms with Crippen LogP contribution in [0.5, 0.6) is 0 Å². The van der Waals surface area contributed by atoms with Gasteiger partial charge < -0.3 is 15.3 Å². The highest BCUT2D eigenvalue weighted by Gasteiger charge is 2.12. The highest BCUT2D eigenvalue weighted by Crippen LogP contribution is 1.97. The molecule has 0 bridgehead atoms. The number of aliphatic hydroxyl groups is 3. The molecule has 88 valence electrons. The SMILES string of the molecule is Br.CC(O)CN(CC(C)O)CC(C)O. The van der Waals surface area contributed by atoms with E-state index in [1.165, 1.54) is 0 Å². The van der Waals surface area contributed by atoms with E-state index in [4.69, 9.17) is 15.3 Å². The zero-order valence-corrected chi connectivity index (χ0v) is 10.8. The van der Waals surface area contributed by atoms with Crippen LogP contribution in [0.15, 0.2) is 0 Å². The van der Waals surface area contributed by atoms with Gasteiger partial charge in [-0.1, -0.05) is 0 Å². The monoisotopic (exact) mass is 271 g/mol. The van der Waals surface area contributed by atoms with Crippen molar-refractivity contribution in [3.05, 3.63) is 0 Å². The molecule has 0 saturated carbocycles. The van der Waals surface area contributed by atoms with E-state index >= 15 is 0 Å². The average Bonchev–Trinajstić information content (AvgIpc) is 1.80. The van der Waals surface area contributed by atoms with Crippen LogP contribution < -0.4 is 0 Å². The van der Waals surface area contributed by atoms with Gasteiger partial charge in [0.15, 0.2) is 0 Å². The van der Waals surface area contributed by atoms with E-state index < -0.39 is 18.3 Å². The first-order valence-electron chi connectivity index (χ1n) is 4.68. The van der Waals surface area contributed by atoms with Crippen LogP contribution >= 0.6 is 17.0 Å². The van der Waals surface area contributed by atoms with Crippen LogP contribution in [-0.4, -0.2) is 58.2 Å². The fraction of sp³-hybridized carbons (Fsp3) is 1.00. The lowest BCUT2D eigenvalue weighted by Crippen LogP contribution is -2.40. The minimum atomic E-state index is -0.433. The second kappa shape index (κ2) is 8.61. The van der Waals surface area contributed by atoms with Gasteiger partial charge in [-0.2, -0.15) is 0 Å². The first-order valence-corrected chi connectivity index (χ1v) is 4.68. The van der Waals surface area contributed by atoms with Crippen molar-refractivity contribution in [2.45, 2.75) is 39.1 Å². The average molecular weight is 272 g/mol. The summed E-state index contributed by atoms with van der Waals surface area (Å²) in [5.41, 5.74) is 0. The van der Waals surface area contributed by atoms with E-state index in [0.717, 1.165) is 0 Å². The minimum Gasteiger partial charge on any atom is -0.392 e. The lowest BCUT2D eigenvalue weighted by molar-refractivity contribution is 0.0530. The second-order valence-electron chi connectivity index (χ2n) is 3.77. The van der Waals surface area contributed by atoms with Gasteiger partial charge in [-0.05, 0) is 20.8 Å². The third kappa shape index (κ3) is 10.4. The lowest BCUT2D eigenvalue weighted by atomic mass is 10.2. The van der Waals surface area contributed by atoms with Gasteiger partial charge in [0, 0.05) is 19.6 Å². The third-order valence-corrected chi connectivity index (χ3v) is 1.57.